The van der Waals surface area contributed by atoms with E-state index in [9.17, 15) is 28.9 Å². The Morgan fingerprint density at radius 2 is 1.96 bits per heavy atom. The Labute approximate surface area is 155 Å². The summed E-state index contributed by atoms with van der Waals surface area (Å²) in [4.78, 5) is 50.4. The smallest absolute Gasteiger partial charge is 0.305 e. The monoisotopic (exact) mass is 385 g/mol. The second-order valence-electron chi connectivity index (χ2n) is 5.62. The first-order chi connectivity index (χ1) is 13.3. The van der Waals surface area contributed by atoms with Gasteiger partial charge in [-0.25, -0.2) is 14.2 Å². The first-order valence-corrected chi connectivity index (χ1v) is 7.84. The average Bonchev–Trinajstić information content (AvgIpc) is 2.65. The normalized spacial score (nSPS) is 10.5. The summed E-state index contributed by atoms with van der Waals surface area (Å²) in [6.07, 6.45) is 1.09. The first kappa shape index (κ1) is 18.6. The molecule has 2 aromatic carbocycles. The summed E-state index contributed by atoms with van der Waals surface area (Å²) in [5.74, 6) is -1.54. The summed E-state index contributed by atoms with van der Waals surface area (Å²) in [5.41, 5.74) is -0.870. The largest absolute Gasteiger partial charge is 0.326 e. The van der Waals surface area contributed by atoms with E-state index in [-0.39, 0.29) is 22.3 Å². The number of nitrogens with zero attached hydrogens (tertiary/aromatic N) is 3. The quantitative estimate of drug-likeness (QED) is 0.519. The molecule has 0 atom stereocenters. The molecule has 0 fully saturated rings. The summed E-state index contributed by atoms with van der Waals surface area (Å²) in [6, 6.07) is 7.99. The molecule has 0 saturated carbocycles. The fourth-order valence-electron chi connectivity index (χ4n) is 2.41. The van der Waals surface area contributed by atoms with Crippen molar-refractivity contribution in [3.63, 3.8) is 0 Å². The Morgan fingerprint density at radius 3 is 2.68 bits per heavy atom. The summed E-state index contributed by atoms with van der Waals surface area (Å²) in [5, 5.41) is 14.9. The number of benzene rings is 2. The minimum absolute atomic E-state index is 0.0414. The Bertz CT molecular complexity index is 1160. The van der Waals surface area contributed by atoms with Gasteiger partial charge in [0, 0.05) is 12.1 Å². The fraction of sp³-hybridized carbons (Fsp3) is 0.0588. The first-order valence-electron chi connectivity index (χ1n) is 7.84. The molecule has 10 nitrogen and oxygen atoms in total. The lowest BCUT2D eigenvalue weighted by Gasteiger charge is -2.09. The van der Waals surface area contributed by atoms with Gasteiger partial charge in [-0.1, -0.05) is 12.1 Å². The maximum Gasteiger partial charge on any atom is 0.326 e. The molecule has 1 aromatic heterocycles. The second kappa shape index (κ2) is 7.61. The summed E-state index contributed by atoms with van der Waals surface area (Å²) < 4.78 is 14.4. The number of imide groups is 1. The number of hydrogen-bond donors (Lipinski definition) is 2. The zero-order chi connectivity index (χ0) is 20.3. The van der Waals surface area contributed by atoms with Crippen LogP contribution in [0.1, 0.15) is 0 Å². The molecule has 0 radical (unpaired) electrons. The van der Waals surface area contributed by atoms with Crippen LogP contribution in [0.25, 0.3) is 10.9 Å². The van der Waals surface area contributed by atoms with Crippen molar-refractivity contribution >= 4 is 34.2 Å². The van der Waals surface area contributed by atoms with E-state index in [4.69, 9.17) is 0 Å². The van der Waals surface area contributed by atoms with Crippen LogP contribution in [0, 0.1) is 15.9 Å². The van der Waals surface area contributed by atoms with Gasteiger partial charge >= 0.3 is 6.03 Å². The maximum atomic E-state index is 13.5. The van der Waals surface area contributed by atoms with Crippen LogP contribution in [0.3, 0.4) is 0 Å². The minimum Gasteiger partial charge on any atom is -0.305 e. The van der Waals surface area contributed by atoms with E-state index in [2.05, 4.69) is 10.3 Å². The van der Waals surface area contributed by atoms with Crippen LogP contribution >= 0.6 is 0 Å². The Kier molecular flexibility index (Phi) is 5.07. The molecule has 0 saturated heterocycles. The van der Waals surface area contributed by atoms with E-state index in [1.807, 2.05) is 5.32 Å². The lowest BCUT2D eigenvalue weighted by molar-refractivity contribution is -0.384. The van der Waals surface area contributed by atoms with Crippen molar-refractivity contribution in [2.45, 2.75) is 6.54 Å². The zero-order valence-corrected chi connectivity index (χ0v) is 14.1. The SMILES string of the molecule is O=C(Cn1cnc2ccc([N+](=O)[O-])cc2c1=O)NC(=O)Nc1ccccc1F. The number of nitrogens with one attached hydrogen (secondary N) is 2. The number of carbonyl (C=O) groups is 2. The van der Waals surface area contributed by atoms with Crippen molar-refractivity contribution in [2.24, 2.45) is 0 Å². The highest BCUT2D eigenvalue weighted by Crippen LogP contribution is 2.16. The Balaban J connectivity index is 1.75. The van der Waals surface area contributed by atoms with Gasteiger partial charge in [-0.15, -0.1) is 0 Å². The molecule has 3 rings (SSSR count). The van der Waals surface area contributed by atoms with Gasteiger partial charge in [0.05, 0.1) is 27.8 Å². The second-order valence-corrected chi connectivity index (χ2v) is 5.62. The number of hydrogen-bond acceptors (Lipinski definition) is 6. The van der Waals surface area contributed by atoms with Crippen LogP contribution in [-0.2, 0) is 11.3 Å². The third-order valence-corrected chi connectivity index (χ3v) is 3.71. The van der Waals surface area contributed by atoms with Crippen LogP contribution in [0.15, 0.2) is 53.6 Å². The van der Waals surface area contributed by atoms with Crippen LogP contribution in [0.2, 0.25) is 0 Å². The lowest BCUT2D eigenvalue weighted by atomic mass is 10.2. The van der Waals surface area contributed by atoms with E-state index in [1.165, 1.54) is 30.3 Å². The molecule has 142 valence electrons. The summed E-state index contributed by atoms with van der Waals surface area (Å²) in [6.45, 7) is -0.560. The molecule has 0 bridgehead atoms. The molecule has 28 heavy (non-hydrogen) atoms. The van der Waals surface area contributed by atoms with Crippen molar-refractivity contribution in [1.29, 1.82) is 0 Å². The molecule has 1 heterocycles. The van der Waals surface area contributed by atoms with Gasteiger partial charge in [0.1, 0.15) is 12.4 Å². The van der Waals surface area contributed by atoms with E-state index < -0.39 is 34.8 Å². The molecular formula is C17H12FN5O5. The number of amides is 3. The molecule has 0 aliphatic heterocycles. The van der Waals surface area contributed by atoms with Crippen LogP contribution in [-0.4, -0.2) is 26.4 Å². The van der Waals surface area contributed by atoms with Crippen molar-refractivity contribution < 1.29 is 18.9 Å². The number of non-ortho nitro benzene ring substituents is 1. The van der Waals surface area contributed by atoms with Crippen molar-refractivity contribution in [2.75, 3.05) is 5.32 Å². The maximum absolute atomic E-state index is 13.5. The van der Waals surface area contributed by atoms with Gasteiger partial charge < -0.3 is 5.32 Å². The number of para-hydroxylation sites is 1. The molecule has 0 spiro atoms. The number of carbonyl (C=O) groups excluding carboxylic acids is 2. The van der Waals surface area contributed by atoms with E-state index >= 15 is 0 Å². The number of anilines is 1. The number of nitro benzene ring substituents is 1. The summed E-state index contributed by atoms with van der Waals surface area (Å²) in [7, 11) is 0. The van der Waals surface area contributed by atoms with E-state index in [0.29, 0.717) is 0 Å². The van der Waals surface area contributed by atoms with Crippen LogP contribution in [0.5, 0.6) is 0 Å². The predicted molar refractivity (Wildman–Crippen MR) is 96.2 cm³/mol. The van der Waals surface area contributed by atoms with Crippen LogP contribution in [0.4, 0.5) is 20.6 Å². The van der Waals surface area contributed by atoms with E-state index in [0.717, 1.165) is 23.0 Å². The van der Waals surface area contributed by atoms with Crippen LogP contribution < -0.4 is 16.2 Å². The highest BCUT2D eigenvalue weighted by molar-refractivity contribution is 6.01. The van der Waals surface area contributed by atoms with Gasteiger partial charge in [-0.2, -0.15) is 0 Å². The number of rotatable bonds is 4. The predicted octanol–water partition coefficient (Wildman–Crippen LogP) is 1.79. The lowest BCUT2D eigenvalue weighted by Crippen LogP contribution is -2.38. The standard InChI is InChI=1S/C17H12FN5O5/c18-12-3-1-2-4-14(12)20-17(26)21-15(24)8-22-9-19-13-6-5-10(23(27)28)7-11(13)16(22)25/h1-7,9H,8H2,(H2,20,21,24,26). The molecule has 3 aromatic rings. The van der Waals surface area contributed by atoms with Crippen molar-refractivity contribution in [1.82, 2.24) is 14.9 Å². The topological polar surface area (TPSA) is 136 Å². The number of aromatic nitrogens is 2. The zero-order valence-electron chi connectivity index (χ0n) is 14.1. The molecular weight excluding hydrogens is 373 g/mol. The molecule has 0 aliphatic rings. The highest BCUT2D eigenvalue weighted by atomic mass is 19.1. The third kappa shape index (κ3) is 3.98. The number of nitro groups is 1. The van der Waals surface area contributed by atoms with Gasteiger partial charge in [0.25, 0.3) is 11.2 Å². The van der Waals surface area contributed by atoms with Gasteiger partial charge in [0.2, 0.25) is 5.91 Å². The van der Waals surface area contributed by atoms with Crippen molar-refractivity contribution in [3.8, 4) is 0 Å². The Hall–Kier alpha value is -4.15. The molecule has 0 unspecified atom stereocenters. The average molecular weight is 385 g/mol. The molecule has 3 amide bonds. The minimum atomic E-state index is -0.979. The molecule has 11 heteroatoms. The van der Waals surface area contributed by atoms with E-state index in [1.54, 1.807) is 0 Å². The molecule has 2 N–H and O–H groups in total. The van der Waals surface area contributed by atoms with Gasteiger partial charge in [-0.3, -0.25) is 29.6 Å². The number of urea groups is 1. The number of halogens is 1. The number of fused-ring (bicyclic) bond motifs is 1. The van der Waals surface area contributed by atoms with Gasteiger partial charge in [-0.05, 0) is 18.2 Å². The molecule has 0 aliphatic carbocycles. The fourth-order valence-corrected chi connectivity index (χ4v) is 2.41. The Morgan fingerprint density at radius 1 is 1.21 bits per heavy atom. The highest BCUT2D eigenvalue weighted by Gasteiger charge is 2.14. The van der Waals surface area contributed by atoms with Gasteiger partial charge in [0.15, 0.2) is 0 Å². The third-order valence-electron chi connectivity index (χ3n) is 3.71. The van der Waals surface area contributed by atoms with Crippen molar-refractivity contribution in [3.05, 3.63) is 75.1 Å². The summed E-state index contributed by atoms with van der Waals surface area (Å²) >= 11 is 0.